The lowest BCUT2D eigenvalue weighted by Gasteiger charge is -2.11. The van der Waals surface area contributed by atoms with Crippen LogP contribution in [0.4, 0.5) is 0 Å². The van der Waals surface area contributed by atoms with Crippen molar-refractivity contribution in [2.45, 2.75) is 71.8 Å². The van der Waals surface area contributed by atoms with Gasteiger partial charge in [0.25, 0.3) is 0 Å². The molecule has 1 unspecified atom stereocenters. The molecular formula is C16H26O4. The highest BCUT2D eigenvalue weighted by Gasteiger charge is 2.21. The fraction of sp³-hybridized carbons (Fsp3) is 0.750. The number of unbranched alkanes of at least 4 members (excludes halogenated alkanes) is 5. The quantitative estimate of drug-likeness (QED) is 0.400. The Morgan fingerprint density at radius 2 is 1.80 bits per heavy atom. The van der Waals surface area contributed by atoms with Gasteiger partial charge in [0, 0.05) is 6.42 Å². The van der Waals surface area contributed by atoms with E-state index in [0.717, 1.165) is 12.8 Å². The van der Waals surface area contributed by atoms with Gasteiger partial charge in [0.05, 0.1) is 12.5 Å². The highest BCUT2D eigenvalue weighted by atomic mass is 16.5. The molecule has 0 saturated carbocycles. The van der Waals surface area contributed by atoms with Crippen molar-refractivity contribution in [3.63, 3.8) is 0 Å². The molecule has 0 aromatic carbocycles. The van der Waals surface area contributed by atoms with Gasteiger partial charge in [0.15, 0.2) is 0 Å². The molecule has 0 amide bonds. The van der Waals surface area contributed by atoms with Crippen molar-refractivity contribution in [1.29, 1.82) is 0 Å². The molecule has 20 heavy (non-hydrogen) atoms. The Balaban J connectivity index is 4.22. The maximum Gasteiger partial charge on any atom is 0.321 e. The zero-order valence-corrected chi connectivity index (χ0v) is 12.8. The van der Waals surface area contributed by atoms with Crippen molar-refractivity contribution in [2.75, 3.05) is 0 Å². The molecule has 0 aliphatic rings. The molecule has 0 heterocycles. The summed E-state index contributed by atoms with van der Waals surface area (Å²) < 4.78 is 5.02. The average Bonchev–Trinajstić information content (AvgIpc) is 2.35. The molecular weight excluding hydrogens is 256 g/mol. The van der Waals surface area contributed by atoms with Crippen LogP contribution in [0.3, 0.4) is 0 Å². The monoisotopic (exact) mass is 282 g/mol. The third-order valence-corrected chi connectivity index (χ3v) is 2.70. The van der Waals surface area contributed by atoms with Crippen molar-refractivity contribution in [3.05, 3.63) is 0 Å². The Morgan fingerprint density at radius 1 is 1.15 bits per heavy atom. The summed E-state index contributed by atoms with van der Waals surface area (Å²) in [6.45, 7) is 5.63. The lowest BCUT2D eigenvalue weighted by molar-refractivity contribution is -0.153. The number of rotatable bonds is 9. The molecule has 0 fully saturated rings. The smallest absolute Gasteiger partial charge is 0.321 e. The molecule has 0 bridgehead atoms. The summed E-state index contributed by atoms with van der Waals surface area (Å²) in [7, 11) is 0. The van der Waals surface area contributed by atoms with Crippen molar-refractivity contribution >= 4 is 11.9 Å². The van der Waals surface area contributed by atoms with Gasteiger partial charge in [-0.05, 0) is 20.3 Å². The molecule has 1 N–H and O–H groups in total. The van der Waals surface area contributed by atoms with Crippen LogP contribution in [-0.4, -0.2) is 23.1 Å². The van der Waals surface area contributed by atoms with E-state index in [-0.39, 0.29) is 12.5 Å². The maximum absolute atomic E-state index is 11.7. The topological polar surface area (TPSA) is 63.6 Å². The first kappa shape index (κ1) is 18.5. The lowest BCUT2D eigenvalue weighted by atomic mass is 10.1. The number of hydrogen-bond donors (Lipinski definition) is 1. The molecule has 0 aliphatic carbocycles. The van der Waals surface area contributed by atoms with Gasteiger partial charge in [-0.1, -0.05) is 38.5 Å². The van der Waals surface area contributed by atoms with Gasteiger partial charge in [-0.2, -0.15) is 0 Å². The largest absolute Gasteiger partial charge is 0.481 e. The molecule has 0 spiro atoms. The van der Waals surface area contributed by atoms with Crippen LogP contribution in [-0.2, 0) is 14.3 Å². The van der Waals surface area contributed by atoms with Crippen LogP contribution in [0.25, 0.3) is 0 Å². The van der Waals surface area contributed by atoms with Crippen LogP contribution < -0.4 is 0 Å². The first-order valence-corrected chi connectivity index (χ1v) is 7.38. The van der Waals surface area contributed by atoms with Crippen LogP contribution in [0.1, 0.15) is 65.7 Å². The van der Waals surface area contributed by atoms with Gasteiger partial charge >= 0.3 is 11.9 Å². The van der Waals surface area contributed by atoms with E-state index in [9.17, 15) is 9.59 Å². The lowest BCUT2D eigenvalue weighted by Crippen LogP contribution is -2.22. The fourth-order valence-electron chi connectivity index (χ4n) is 1.69. The van der Waals surface area contributed by atoms with Crippen LogP contribution in [0.2, 0.25) is 0 Å². The molecule has 0 radical (unpaired) electrons. The second-order valence-corrected chi connectivity index (χ2v) is 5.12. The normalized spacial score (nSPS) is 11.6. The van der Waals surface area contributed by atoms with E-state index in [1.165, 1.54) is 19.3 Å². The van der Waals surface area contributed by atoms with E-state index in [4.69, 9.17) is 9.84 Å². The van der Waals surface area contributed by atoms with Gasteiger partial charge < -0.3 is 9.84 Å². The van der Waals surface area contributed by atoms with E-state index in [2.05, 4.69) is 18.8 Å². The summed E-state index contributed by atoms with van der Waals surface area (Å²) in [6, 6.07) is 0. The zero-order valence-electron chi connectivity index (χ0n) is 12.8. The minimum Gasteiger partial charge on any atom is -0.481 e. The van der Waals surface area contributed by atoms with Crippen molar-refractivity contribution in [1.82, 2.24) is 0 Å². The molecule has 0 saturated heterocycles. The number of hydrogen-bond acceptors (Lipinski definition) is 3. The summed E-state index contributed by atoms with van der Waals surface area (Å²) in [4.78, 5) is 22.4. The van der Waals surface area contributed by atoms with E-state index in [0.29, 0.717) is 6.42 Å². The summed E-state index contributed by atoms with van der Waals surface area (Å²) in [5.41, 5.74) is 0. The number of carboxylic acid groups (broad SMARTS) is 1. The summed E-state index contributed by atoms with van der Waals surface area (Å²) in [5, 5.41) is 8.79. The van der Waals surface area contributed by atoms with E-state index >= 15 is 0 Å². The Hall–Kier alpha value is -1.50. The molecule has 0 aliphatic heterocycles. The van der Waals surface area contributed by atoms with Gasteiger partial charge in [0.1, 0.15) is 5.92 Å². The first-order chi connectivity index (χ1) is 9.47. The van der Waals surface area contributed by atoms with E-state index in [1.54, 1.807) is 13.8 Å². The first-order valence-electron chi connectivity index (χ1n) is 7.38. The average molecular weight is 282 g/mol. The third-order valence-electron chi connectivity index (χ3n) is 2.70. The molecule has 0 aromatic heterocycles. The number of esters is 1. The summed E-state index contributed by atoms with van der Waals surface area (Å²) in [5.74, 6) is 3.22. The minimum atomic E-state index is -1.03. The number of aliphatic carboxylic acids is 1. The summed E-state index contributed by atoms with van der Waals surface area (Å²) >= 11 is 0. The molecule has 0 aromatic rings. The van der Waals surface area contributed by atoms with Gasteiger partial charge in [-0.3, -0.25) is 9.59 Å². The predicted molar refractivity (Wildman–Crippen MR) is 78.1 cm³/mol. The van der Waals surface area contributed by atoms with Crippen LogP contribution in [0.15, 0.2) is 0 Å². The molecule has 114 valence electrons. The van der Waals surface area contributed by atoms with Crippen molar-refractivity contribution < 1.29 is 19.4 Å². The zero-order chi connectivity index (χ0) is 15.4. The Kier molecular flexibility index (Phi) is 10.5. The Bertz CT molecular complexity index is 349. The predicted octanol–water partition coefficient (Wildman–Crippen LogP) is 3.39. The third kappa shape index (κ3) is 10.4. The highest BCUT2D eigenvalue weighted by Crippen LogP contribution is 2.08. The van der Waals surface area contributed by atoms with Gasteiger partial charge in [-0.25, -0.2) is 0 Å². The summed E-state index contributed by atoms with van der Waals surface area (Å²) in [6.07, 6.45) is 5.90. The molecule has 0 rings (SSSR count). The number of carbonyl (C=O) groups is 2. The van der Waals surface area contributed by atoms with Crippen LogP contribution >= 0.6 is 0 Å². The maximum atomic E-state index is 11.7. The fourth-order valence-corrected chi connectivity index (χ4v) is 1.69. The van der Waals surface area contributed by atoms with E-state index in [1.807, 2.05) is 0 Å². The second kappa shape index (κ2) is 11.3. The van der Waals surface area contributed by atoms with Crippen molar-refractivity contribution in [2.24, 2.45) is 5.92 Å². The van der Waals surface area contributed by atoms with Crippen LogP contribution in [0, 0.1) is 17.8 Å². The molecule has 4 nitrogen and oxygen atoms in total. The SMILES string of the molecule is CCCCCCCC#CC(CC(=O)O)C(=O)OC(C)C. The van der Waals surface area contributed by atoms with Gasteiger partial charge in [-0.15, -0.1) is 5.92 Å². The Morgan fingerprint density at radius 3 is 2.35 bits per heavy atom. The number of carboxylic acids is 1. The molecule has 4 heteroatoms. The minimum absolute atomic E-state index is 0.255. The van der Waals surface area contributed by atoms with E-state index < -0.39 is 17.9 Å². The van der Waals surface area contributed by atoms with Crippen molar-refractivity contribution in [3.8, 4) is 11.8 Å². The highest BCUT2D eigenvalue weighted by molar-refractivity contribution is 5.81. The van der Waals surface area contributed by atoms with Crippen LogP contribution in [0.5, 0.6) is 0 Å². The number of ether oxygens (including phenoxy) is 1. The number of carbonyl (C=O) groups excluding carboxylic acids is 1. The van der Waals surface area contributed by atoms with Gasteiger partial charge in [0.2, 0.25) is 0 Å². The standard InChI is InChI=1S/C16H26O4/c1-4-5-6-7-8-9-10-11-14(12-15(17)18)16(19)20-13(2)3/h13-14H,4-9,12H2,1-3H3,(H,17,18). The molecule has 1 atom stereocenters. The second-order valence-electron chi connectivity index (χ2n) is 5.12. The Labute approximate surface area is 121 Å².